The quantitative estimate of drug-likeness (QED) is 0.244. The molecule has 45 heavy (non-hydrogen) atoms. The van der Waals surface area contributed by atoms with E-state index in [-0.39, 0.29) is 11.8 Å². The molecule has 0 spiro atoms. The van der Waals surface area contributed by atoms with Crippen LogP contribution in [0.4, 0.5) is 11.4 Å². The zero-order valence-electron chi connectivity index (χ0n) is 26.0. The Kier molecular flexibility index (Phi) is 9.92. The molecular formula is C36H38N4O5. The number of amides is 2. The molecule has 0 aliphatic carbocycles. The molecule has 5 rings (SSSR count). The van der Waals surface area contributed by atoms with Gasteiger partial charge >= 0.3 is 0 Å². The van der Waals surface area contributed by atoms with Crippen LogP contribution in [0.2, 0.25) is 0 Å². The normalized spacial score (nSPS) is 14.3. The molecule has 1 saturated heterocycles. The summed E-state index contributed by atoms with van der Waals surface area (Å²) in [7, 11) is 5.19. The van der Waals surface area contributed by atoms with Crippen LogP contribution in [0.1, 0.15) is 26.3 Å². The van der Waals surface area contributed by atoms with Crippen LogP contribution >= 0.6 is 0 Å². The molecule has 1 N–H and O–H groups in total. The number of likely N-dealkylation sites (N-methyl/N-ethyl adjacent to an activating group) is 1. The van der Waals surface area contributed by atoms with Gasteiger partial charge in [0.05, 0.1) is 18.5 Å². The second-order valence-corrected chi connectivity index (χ2v) is 11.1. The molecular weight excluding hydrogens is 568 g/mol. The van der Waals surface area contributed by atoms with Gasteiger partial charge in [-0.2, -0.15) is 0 Å². The van der Waals surface area contributed by atoms with Crippen molar-refractivity contribution in [1.82, 2.24) is 9.80 Å². The lowest BCUT2D eigenvalue weighted by Crippen LogP contribution is -2.51. The first-order valence-electron chi connectivity index (χ1n) is 14.9. The number of nitrogens with one attached hydrogen (secondary N) is 1. The van der Waals surface area contributed by atoms with E-state index < -0.39 is 6.23 Å². The lowest BCUT2D eigenvalue weighted by Gasteiger charge is -2.35. The van der Waals surface area contributed by atoms with Gasteiger partial charge < -0.3 is 24.6 Å². The fourth-order valence-electron chi connectivity index (χ4n) is 5.31. The first-order chi connectivity index (χ1) is 21.8. The average Bonchev–Trinajstić information content (AvgIpc) is 3.07. The minimum absolute atomic E-state index is 0.295. The number of anilines is 2. The number of para-hydroxylation sites is 2. The maximum atomic E-state index is 13.7. The fraction of sp³-hybridized carbons (Fsp3) is 0.250. The molecule has 0 aromatic heterocycles. The Morgan fingerprint density at radius 1 is 0.889 bits per heavy atom. The van der Waals surface area contributed by atoms with Gasteiger partial charge in [-0.3, -0.25) is 19.3 Å². The smallest absolute Gasteiger partial charge is 0.258 e. The second kappa shape index (κ2) is 14.2. The van der Waals surface area contributed by atoms with Crippen LogP contribution in [0.3, 0.4) is 0 Å². The number of rotatable bonds is 10. The van der Waals surface area contributed by atoms with E-state index in [0.717, 1.165) is 36.1 Å². The highest BCUT2D eigenvalue weighted by Gasteiger charge is 2.26. The third-order valence-electron chi connectivity index (χ3n) is 8.02. The van der Waals surface area contributed by atoms with Gasteiger partial charge in [0.25, 0.3) is 11.8 Å². The predicted molar refractivity (Wildman–Crippen MR) is 176 cm³/mol. The van der Waals surface area contributed by atoms with E-state index in [1.807, 2.05) is 67.4 Å². The van der Waals surface area contributed by atoms with E-state index in [0.29, 0.717) is 47.1 Å². The number of benzene rings is 4. The molecule has 0 bridgehead atoms. The van der Waals surface area contributed by atoms with Crippen molar-refractivity contribution in [3.8, 4) is 22.6 Å². The number of nitrogens with zero attached hydrogens (tertiary/aromatic N) is 3. The van der Waals surface area contributed by atoms with Gasteiger partial charge in [-0.25, -0.2) is 0 Å². The Labute approximate surface area is 264 Å². The predicted octanol–water partition coefficient (Wildman–Crippen LogP) is 5.35. The number of aldehydes is 1. The average molecular weight is 607 g/mol. The minimum atomic E-state index is -0.762. The zero-order valence-corrected chi connectivity index (χ0v) is 26.0. The fourth-order valence-corrected chi connectivity index (χ4v) is 5.31. The van der Waals surface area contributed by atoms with Crippen molar-refractivity contribution >= 4 is 29.5 Å². The van der Waals surface area contributed by atoms with Gasteiger partial charge in [0.1, 0.15) is 11.5 Å². The van der Waals surface area contributed by atoms with Gasteiger partial charge in [-0.15, -0.1) is 0 Å². The topological polar surface area (TPSA) is 91.4 Å². The van der Waals surface area contributed by atoms with Crippen molar-refractivity contribution in [2.24, 2.45) is 0 Å². The van der Waals surface area contributed by atoms with Crippen LogP contribution in [-0.4, -0.2) is 81.5 Å². The Hall–Kier alpha value is -4.99. The standard InChI is InChI=1S/C36H38N4O5/c1-25-13-15-26(16-14-25)28-9-5-6-10-29(28)35(42)37-30-18-17-27(23-33(30)44-4)36(43)39(3)31-11-7-8-12-32(31)45-34(24-41)40-21-19-38(2)20-22-40/h5-18,23-24,34H,19-22H2,1-4H3,(H,37,42). The monoisotopic (exact) mass is 606 g/mol. The van der Waals surface area contributed by atoms with Crippen molar-refractivity contribution in [3.63, 3.8) is 0 Å². The Balaban J connectivity index is 1.34. The van der Waals surface area contributed by atoms with Crippen LogP contribution in [0, 0.1) is 6.92 Å². The van der Waals surface area contributed by atoms with Gasteiger partial charge in [-0.05, 0) is 61.5 Å². The molecule has 4 aromatic carbocycles. The number of carbonyl (C=O) groups excluding carboxylic acids is 3. The number of carbonyl (C=O) groups is 3. The number of hydrogen-bond donors (Lipinski definition) is 1. The van der Waals surface area contributed by atoms with E-state index in [2.05, 4.69) is 10.2 Å². The first-order valence-corrected chi connectivity index (χ1v) is 14.9. The van der Waals surface area contributed by atoms with E-state index in [9.17, 15) is 14.4 Å². The summed E-state index contributed by atoms with van der Waals surface area (Å²) in [6.45, 7) is 5.11. The van der Waals surface area contributed by atoms with E-state index in [1.54, 1.807) is 49.5 Å². The largest absolute Gasteiger partial charge is 0.495 e. The molecule has 4 aromatic rings. The Bertz CT molecular complexity index is 1660. The highest BCUT2D eigenvalue weighted by atomic mass is 16.5. The SMILES string of the molecule is COc1cc(C(=O)N(C)c2ccccc2OC(C=O)N2CCN(C)CC2)ccc1NC(=O)c1ccccc1-c1ccc(C)cc1. The van der Waals surface area contributed by atoms with Crippen LogP contribution in [0.5, 0.6) is 11.5 Å². The summed E-state index contributed by atoms with van der Waals surface area (Å²) < 4.78 is 11.7. The van der Waals surface area contributed by atoms with E-state index in [4.69, 9.17) is 9.47 Å². The summed E-state index contributed by atoms with van der Waals surface area (Å²) in [6.07, 6.45) is 0.0310. The van der Waals surface area contributed by atoms with Crippen LogP contribution in [-0.2, 0) is 4.79 Å². The van der Waals surface area contributed by atoms with Gasteiger partial charge in [0.2, 0.25) is 6.23 Å². The summed E-state index contributed by atoms with van der Waals surface area (Å²) in [5.41, 5.74) is 4.72. The molecule has 9 nitrogen and oxygen atoms in total. The first kappa shape index (κ1) is 31.4. The summed E-state index contributed by atoms with van der Waals surface area (Å²) in [5, 5.41) is 2.95. The molecule has 0 radical (unpaired) electrons. The third-order valence-corrected chi connectivity index (χ3v) is 8.02. The van der Waals surface area contributed by atoms with Crippen molar-refractivity contribution in [2.45, 2.75) is 13.2 Å². The van der Waals surface area contributed by atoms with Gasteiger partial charge in [0.15, 0.2) is 6.29 Å². The highest BCUT2D eigenvalue weighted by molar-refractivity contribution is 6.10. The molecule has 9 heteroatoms. The van der Waals surface area contributed by atoms with Crippen molar-refractivity contribution in [1.29, 1.82) is 0 Å². The number of piperazine rings is 1. The maximum Gasteiger partial charge on any atom is 0.258 e. The molecule has 232 valence electrons. The molecule has 0 saturated carbocycles. The molecule has 1 fully saturated rings. The van der Waals surface area contributed by atoms with Crippen molar-refractivity contribution in [2.75, 3.05) is 57.6 Å². The lowest BCUT2D eigenvalue weighted by atomic mass is 9.98. The Morgan fingerprint density at radius 2 is 1.58 bits per heavy atom. The summed E-state index contributed by atoms with van der Waals surface area (Å²) >= 11 is 0. The number of aryl methyl sites for hydroxylation is 1. The molecule has 1 aliphatic heterocycles. The third kappa shape index (κ3) is 7.22. The molecule has 1 unspecified atom stereocenters. The molecule has 1 atom stereocenters. The van der Waals surface area contributed by atoms with Crippen molar-refractivity contribution in [3.05, 3.63) is 108 Å². The van der Waals surface area contributed by atoms with Gasteiger partial charge in [0, 0.05) is 44.4 Å². The maximum absolute atomic E-state index is 13.7. The number of hydrogen-bond acceptors (Lipinski definition) is 7. The molecule has 1 heterocycles. The van der Waals surface area contributed by atoms with Crippen LogP contribution < -0.4 is 19.7 Å². The molecule has 2 amide bonds. The summed E-state index contributed by atoms with van der Waals surface area (Å²) in [6, 6.07) is 27.5. The minimum Gasteiger partial charge on any atom is -0.495 e. The van der Waals surface area contributed by atoms with Crippen LogP contribution in [0.15, 0.2) is 91.0 Å². The summed E-state index contributed by atoms with van der Waals surface area (Å²) in [4.78, 5) is 44.8. The van der Waals surface area contributed by atoms with Crippen LogP contribution in [0.25, 0.3) is 11.1 Å². The number of methoxy groups -OCH3 is 1. The lowest BCUT2D eigenvalue weighted by molar-refractivity contribution is -0.123. The van der Waals surface area contributed by atoms with E-state index in [1.165, 1.54) is 12.0 Å². The zero-order chi connectivity index (χ0) is 31.9. The Morgan fingerprint density at radius 3 is 2.29 bits per heavy atom. The number of ether oxygens (including phenoxy) is 2. The second-order valence-electron chi connectivity index (χ2n) is 11.1. The summed E-state index contributed by atoms with van der Waals surface area (Å²) in [5.74, 6) is 0.162. The highest BCUT2D eigenvalue weighted by Crippen LogP contribution is 2.32. The molecule has 1 aliphatic rings. The van der Waals surface area contributed by atoms with Crippen molar-refractivity contribution < 1.29 is 23.9 Å². The van der Waals surface area contributed by atoms with E-state index >= 15 is 0 Å². The van der Waals surface area contributed by atoms with Gasteiger partial charge in [-0.1, -0.05) is 60.2 Å².